The zero-order valence-electron chi connectivity index (χ0n) is 13.8. The number of carbonyl (C=O) groups excluding carboxylic acids is 2. The number of carbonyl (C=O) groups is 2. The molecule has 1 aliphatic heterocycles. The Hall–Kier alpha value is -1.53. The summed E-state index contributed by atoms with van der Waals surface area (Å²) >= 11 is 1.67. The summed E-state index contributed by atoms with van der Waals surface area (Å²) in [5.74, 6) is 1.10. The van der Waals surface area contributed by atoms with Crippen molar-refractivity contribution >= 4 is 23.6 Å². The number of hydrogen-bond acceptors (Lipinski definition) is 4. The first-order valence-electron chi connectivity index (χ1n) is 8.63. The second kappa shape index (κ2) is 8.53. The van der Waals surface area contributed by atoms with Crippen molar-refractivity contribution in [3.8, 4) is 0 Å². The molecule has 2 aliphatic rings. The second-order valence-corrected chi connectivity index (χ2v) is 7.33. The number of benzene rings is 1. The van der Waals surface area contributed by atoms with Gasteiger partial charge in [0.05, 0.1) is 11.7 Å². The highest BCUT2D eigenvalue weighted by Crippen LogP contribution is 2.28. The second-order valence-electron chi connectivity index (χ2n) is 6.26. The van der Waals surface area contributed by atoms with Crippen LogP contribution in [-0.2, 0) is 9.53 Å². The molecule has 2 N–H and O–H groups in total. The van der Waals surface area contributed by atoms with Gasteiger partial charge in [0.25, 0.3) is 5.91 Å². The molecule has 1 aromatic carbocycles. The monoisotopic (exact) mass is 348 g/mol. The van der Waals surface area contributed by atoms with Crippen molar-refractivity contribution < 1.29 is 14.3 Å². The molecule has 2 amide bonds. The van der Waals surface area contributed by atoms with E-state index < -0.39 is 0 Å². The molecule has 2 fully saturated rings. The molecule has 1 unspecified atom stereocenters. The van der Waals surface area contributed by atoms with Gasteiger partial charge in [-0.1, -0.05) is 12.1 Å². The third kappa shape index (κ3) is 4.98. The third-order valence-corrected chi connectivity index (χ3v) is 5.44. The highest BCUT2D eigenvalue weighted by molar-refractivity contribution is 7.99. The average Bonchev–Trinajstić information content (AvgIpc) is 3.33. The number of nitrogens with one attached hydrogen (secondary N) is 2. The van der Waals surface area contributed by atoms with Gasteiger partial charge in [0.15, 0.2) is 0 Å². The lowest BCUT2D eigenvalue weighted by atomic mass is 10.2. The Balaban J connectivity index is 1.45. The standard InChI is InChI=1S/C18H24N2O3S/c21-17(13-7-8-13)19-9-10-20-18(22)15-5-1-2-6-16(15)24-12-14-4-3-11-23-14/h1-2,5-6,13-14H,3-4,7-12H2,(H,19,21)(H,20,22). The smallest absolute Gasteiger partial charge is 0.252 e. The first-order chi connectivity index (χ1) is 11.7. The largest absolute Gasteiger partial charge is 0.377 e. The van der Waals surface area contributed by atoms with Crippen LogP contribution in [-0.4, -0.2) is 43.4 Å². The predicted octanol–water partition coefficient (Wildman–Crippen LogP) is 2.21. The van der Waals surface area contributed by atoms with E-state index in [0.29, 0.717) is 24.8 Å². The minimum Gasteiger partial charge on any atom is -0.377 e. The molecule has 1 aromatic rings. The van der Waals surface area contributed by atoms with Crippen molar-refractivity contribution in [3.05, 3.63) is 29.8 Å². The van der Waals surface area contributed by atoms with Crippen LogP contribution >= 0.6 is 11.8 Å². The van der Waals surface area contributed by atoms with Crippen LogP contribution in [0, 0.1) is 5.92 Å². The Morgan fingerprint density at radius 1 is 1.12 bits per heavy atom. The van der Waals surface area contributed by atoms with E-state index in [1.807, 2.05) is 24.3 Å². The van der Waals surface area contributed by atoms with E-state index in [0.717, 1.165) is 42.9 Å². The van der Waals surface area contributed by atoms with Gasteiger partial charge in [0.1, 0.15) is 0 Å². The molecule has 1 aliphatic carbocycles. The van der Waals surface area contributed by atoms with Crippen LogP contribution in [0.5, 0.6) is 0 Å². The van der Waals surface area contributed by atoms with Crippen LogP contribution in [0.4, 0.5) is 0 Å². The molecule has 5 nitrogen and oxygen atoms in total. The molecular weight excluding hydrogens is 324 g/mol. The average molecular weight is 348 g/mol. The topological polar surface area (TPSA) is 67.4 Å². The van der Waals surface area contributed by atoms with Crippen LogP contribution in [0.15, 0.2) is 29.2 Å². The third-order valence-electron chi connectivity index (χ3n) is 4.24. The van der Waals surface area contributed by atoms with E-state index in [9.17, 15) is 9.59 Å². The van der Waals surface area contributed by atoms with E-state index in [-0.39, 0.29) is 17.7 Å². The van der Waals surface area contributed by atoms with Crippen LogP contribution in [0.3, 0.4) is 0 Å². The van der Waals surface area contributed by atoms with E-state index in [1.54, 1.807) is 11.8 Å². The van der Waals surface area contributed by atoms with Gasteiger partial charge in [-0.2, -0.15) is 0 Å². The fraction of sp³-hybridized carbons (Fsp3) is 0.556. The molecule has 0 spiro atoms. The maximum absolute atomic E-state index is 12.4. The predicted molar refractivity (Wildman–Crippen MR) is 94.2 cm³/mol. The molecule has 24 heavy (non-hydrogen) atoms. The molecule has 1 atom stereocenters. The molecule has 3 rings (SSSR count). The molecule has 6 heteroatoms. The number of amides is 2. The highest BCUT2D eigenvalue weighted by Gasteiger charge is 2.29. The highest BCUT2D eigenvalue weighted by atomic mass is 32.2. The summed E-state index contributed by atoms with van der Waals surface area (Å²) in [4.78, 5) is 24.9. The quantitative estimate of drug-likeness (QED) is 0.558. The minimum absolute atomic E-state index is 0.0916. The zero-order chi connectivity index (χ0) is 16.8. The van der Waals surface area contributed by atoms with Crippen molar-refractivity contribution in [2.75, 3.05) is 25.4 Å². The van der Waals surface area contributed by atoms with Crippen LogP contribution in [0.2, 0.25) is 0 Å². The van der Waals surface area contributed by atoms with Gasteiger partial charge in [0.2, 0.25) is 5.91 Å². The van der Waals surface area contributed by atoms with E-state index in [4.69, 9.17) is 4.74 Å². The normalized spacial score (nSPS) is 19.9. The Labute approximate surface area is 146 Å². The summed E-state index contributed by atoms with van der Waals surface area (Å²) in [6, 6.07) is 7.64. The summed E-state index contributed by atoms with van der Waals surface area (Å²) < 4.78 is 5.64. The molecule has 0 bridgehead atoms. The SMILES string of the molecule is O=C(NCCNC(=O)C1CC1)c1ccccc1SCC1CCCO1. The van der Waals surface area contributed by atoms with Crippen LogP contribution < -0.4 is 10.6 Å². The lowest BCUT2D eigenvalue weighted by Gasteiger charge is -2.12. The first kappa shape index (κ1) is 17.3. The van der Waals surface area contributed by atoms with Gasteiger partial charge < -0.3 is 15.4 Å². The van der Waals surface area contributed by atoms with Crippen molar-refractivity contribution in [1.82, 2.24) is 10.6 Å². The minimum atomic E-state index is -0.0916. The van der Waals surface area contributed by atoms with Gasteiger partial charge in [-0.15, -0.1) is 11.8 Å². The van der Waals surface area contributed by atoms with Gasteiger partial charge in [-0.05, 0) is 37.8 Å². The molecular formula is C18H24N2O3S. The summed E-state index contributed by atoms with van der Waals surface area (Å²) in [6.45, 7) is 1.77. The van der Waals surface area contributed by atoms with Crippen molar-refractivity contribution in [1.29, 1.82) is 0 Å². The summed E-state index contributed by atoms with van der Waals surface area (Å²) in [7, 11) is 0. The fourth-order valence-corrected chi connectivity index (χ4v) is 3.80. The van der Waals surface area contributed by atoms with Crippen LogP contribution in [0.1, 0.15) is 36.0 Å². The number of thioether (sulfide) groups is 1. The van der Waals surface area contributed by atoms with Gasteiger partial charge in [-0.25, -0.2) is 0 Å². The summed E-state index contributed by atoms with van der Waals surface area (Å²) in [6.07, 6.45) is 4.51. The maximum Gasteiger partial charge on any atom is 0.252 e. The molecule has 0 radical (unpaired) electrons. The lowest BCUT2D eigenvalue weighted by Crippen LogP contribution is -2.35. The number of ether oxygens (including phenoxy) is 1. The van der Waals surface area contributed by atoms with Crippen LogP contribution in [0.25, 0.3) is 0 Å². The summed E-state index contributed by atoms with van der Waals surface area (Å²) in [5, 5.41) is 5.74. The number of hydrogen-bond donors (Lipinski definition) is 2. The Morgan fingerprint density at radius 2 is 1.92 bits per heavy atom. The van der Waals surface area contributed by atoms with Gasteiger partial charge in [-0.3, -0.25) is 9.59 Å². The molecule has 130 valence electrons. The Bertz CT molecular complexity index is 583. The first-order valence-corrected chi connectivity index (χ1v) is 9.62. The fourth-order valence-electron chi connectivity index (χ4n) is 2.69. The molecule has 1 heterocycles. The molecule has 0 aromatic heterocycles. The number of rotatable bonds is 8. The van der Waals surface area contributed by atoms with Crippen molar-refractivity contribution in [2.45, 2.75) is 36.7 Å². The molecule has 1 saturated carbocycles. The van der Waals surface area contributed by atoms with Crippen molar-refractivity contribution in [3.63, 3.8) is 0 Å². The van der Waals surface area contributed by atoms with E-state index in [1.165, 1.54) is 0 Å². The lowest BCUT2D eigenvalue weighted by molar-refractivity contribution is -0.122. The van der Waals surface area contributed by atoms with Gasteiger partial charge in [0, 0.05) is 36.3 Å². The Morgan fingerprint density at radius 3 is 2.67 bits per heavy atom. The van der Waals surface area contributed by atoms with E-state index in [2.05, 4.69) is 10.6 Å². The van der Waals surface area contributed by atoms with E-state index >= 15 is 0 Å². The Kier molecular flexibility index (Phi) is 6.15. The zero-order valence-corrected chi connectivity index (χ0v) is 14.6. The summed E-state index contributed by atoms with van der Waals surface area (Å²) in [5.41, 5.74) is 0.689. The van der Waals surface area contributed by atoms with Gasteiger partial charge >= 0.3 is 0 Å². The maximum atomic E-state index is 12.4. The molecule has 1 saturated heterocycles. The van der Waals surface area contributed by atoms with Crippen molar-refractivity contribution in [2.24, 2.45) is 5.92 Å².